The molecule has 14 heteroatoms. The van der Waals surface area contributed by atoms with Crippen molar-refractivity contribution >= 4 is 31.7 Å². The summed E-state index contributed by atoms with van der Waals surface area (Å²) in [6.45, 7) is 2.76. The Morgan fingerprint density at radius 1 is 0.727 bits per heavy atom. The minimum atomic E-state index is -0.833. The average Bonchev–Trinajstić information content (AvgIpc) is 2.44. The highest BCUT2D eigenvalue weighted by Gasteiger charge is 1.91. The van der Waals surface area contributed by atoms with Crippen molar-refractivity contribution in [3.63, 3.8) is 0 Å². The summed E-state index contributed by atoms with van der Waals surface area (Å²) in [6.07, 6.45) is 0. The standard InChI is InChI=1S/C3H8N2O3.C2H6N2O2.CH4N2O.2CH2O/c6-1-4-3(8)5-2-7;3-2(6)4-1-5;2-1(3)4;2*1-2/h6-7H,1-2H2,(H2,4,5,8);5H,1H2,(H3,3,4,6);(H4,2,3,4);2*1H2. The van der Waals surface area contributed by atoms with Crippen LogP contribution in [0.4, 0.5) is 14.4 Å². The Kier molecular flexibility index (Phi) is 51.6. The maximum absolute atomic E-state index is 10.1. The predicted molar refractivity (Wildman–Crippen MR) is 73.7 cm³/mol. The summed E-state index contributed by atoms with van der Waals surface area (Å²) >= 11 is 0. The molecular formula is C8H22N6O8. The molecule has 0 aliphatic heterocycles. The Balaban J connectivity index is -0.0000000612. The van der Waals surface area contributed by atoms with Gasteiger partial charge in [0.25, 0.3) is 0 Å². The molecule has 6 amide bonds. The molecule has 0 rings (SSSR count). The van der Waals surface area contributed by atoms with Crippen LogP contribution in [0.5, 0.6) is 0 Å². The highest BCUT2D eigenvalue weighted by atomic mass is 16.3. The quantitative estimate of drug-likeness (QED) is 0.227. The van der Waals surface area contributed by atoms with Crippen LogP contribution in [0, 0.1) is 0 Å². The van der Waals surface area contributed by atoms with Crippen LogP contribution in [-0.4, -0.2) is 67.2 Å². The third-order valence-corrected chi connectivity index (χ3v) is 0.733. The van der Waals surface area contributed by atoms with Gasteiger partial charge >= 0.3 is 18.1 Å². The third kappa shape index (κ3) is 120. The van der Waals surface area contributed by atoms with Gasteiger partial charge in [-0.2, -0.15) is 0 Å². The van der Waals surface area contributed by atoms with E-state index in [1.165, 1.54) is 0 Å². The molecule has 22 heavy (non-hydrogen) atoms. The minimum Gasteiger partial charge on any atom is -0.376 e. The Morgan fingerprint density at radius 2 is 0.955 bits per heavy atom. The third-order valence-electron chi connectivity index (χ3n) is 0.733. The number of aliphatic hydroxyl groups is 3. The first-order valence-electron chi connectivity index (χ1n) is 4.82. The number of primary amides is 3. The van der Waals surface area contributed by atoms with E-state index in [1.54, 1.807) is 0 Å². The minimum absolute atomic E-state index is 0.394. The Bertz CT molecular complexity index is 253. The van der Waals surface area contributed by atoms with E-state index in [9.17, 15) is 9.59 Å². The molecule has 0 saturated carbocycles. The van der Waals surface area contributed by atoms with Gasteiger partial charge < -0.3 is 58.1 Å². The zero-order chi connectivity index (χ0) is 19.0. The summed E-state index contributed by atoms with van der Waals surface area (Å²) in [5.41, 5.74) is 13.0. The van der Waals surface area contributed by atoms with Gasteiger partial charge in [-0.25, -0.2) is 14.4 Å². The lowest BCUT2D eigenvalue weighted by atomic mass is 10.9. The van der Waals surface area contributed by atoms with Crippen LogP contribution in [0.2, 0.25) is 0 Å². The molecule has 0 bridgehead atoms. The van der Waals surface area contributed by atoms with E-state index >= 15 is 0 Å². The number of nitrogens with two attached hydrogens (primary N) is 3. The van der Waals surface area contributed by atoms with Gasteiger partial charge in [-0.05, 0) is 0 Å². The second kappa shape index (κ2) is 36.1. The number of nitrogens with one attached hydrogen (secondary N) is 3. The summed E-state index contributed by atoms with van der Waals surface area (Å²) in [5.74, 6) is 0. The highest BCUT2D eigenvalue weighted by Crippen LogP contribution is 1.57. The van der Waals surface area contributed by atoms with Crippen molar-refractivity contribution in [1.82, 2.24) is 16.0 Å². The largest absolute Gasteiger partial charge is 0.376 e. The van der Waals surface area contributed by atoms with E-state index in [0.29, 0.717) is 0 Å². The van der Waals surface area contributed by atoms with Crippen molar-refractivity contribution in [2.24, 2.45) is 17.2 Å². The van der Waals surface area contributed by atoms with Gasteiger partial charge in [-0.1, -0.05) is 0 Å². The summed E-state index contributed by atoms with van der Waals surface area (Å²) in [5, 5.41) is 29.7. The lowest BCUT2D eigenvalue weighted by Crippen LogP contribution is -2.36. The van der Waals surface area contributed by atoms with Crippen molar-refractivity contribution < 1.29 is 39.3 Å². The van der Waals surface area contributed by atoms with Crippen molar-refractivity contribution in [3.05, 3.63) is 0 Å². The van der Waals surface area contributed by atoms with E-state index in [4.69, 9.17) is 29.7 Å². The molecule has 12 N–H and O–H groups in total. The molecule has 0 aromatic carbocycles. The number of rotatable bonds is 3. The van der Waals surface area contributed by atoms with Crippen molar-refractivity contribution in [2.45, 2.75) is 0 Å². The number of hydrogen-bond acceptors (Lipinski definition) is 8. The fraction of sp³-hybridized carbons (Fsp3) is 0.375. The zero-order valence-corrected chi connectivity index (χ0v) is 11.7. The van der Waals surface area contributed by atoms with E-state index in [-0.39, 0.29) is 0 Å². The number of aliphatic hydroxyl groups excluding tert-OH is 3. The molecule has 0 atom stereocenters. The molecule has 0 radical (unpaired) electrons. The van der Waals surface area contributed by atoms with Crippen molar-refractivity contribution in [3.8, 4) is 0 Å². The van der Waals surface area contributed by atoms with E-state index in [1.807, 2.05) is 29.5 Å². The molecule has 14 nitrogen and oxygen atoms in total. The summed E-state index contributed by atoms with van der Waals surface area (Å²) in [6, 6.07) is -2.13. The molecule has 0 aromatic rings. The number of carbonyl (C=O) groups excluding carboxylic acids is 5. The van der Waals surface area contributed by atoms with Gasteiger partial charge in [-0.15, -0.1) is 0 Å². The second-order valence-corrected chi connectivity index (χ2v) is 2.10. The lowest BCUT2D eigenvalue weighted by molar-refractivity contribution is -0.0987. The first kappa shape index (κ1) is 31.4. The Hall–Kier alpha value is -2.97. The second-order valence-electron chi connectivity index (χ2n) is 2.10. The van der Waals surface area contributed by atoms with E-state index in [0.717, 1.165) is 0 Å². The molecular weight excluding hydrogens is 308 g/mol. The van der Waals surface area contributed by atoms with Crippen LogP contribution >= 0.6 is 0 Å². The molecule has 0 fully saturated rings. The summed E-state index contributed by atoms with van der Waals surface area (Å²) in [7, 11) is 0. The van der Waals surface area contributed by atoms with Crippen LogP contribution < -0.4 is 33.2 Å². The van der Waals surface area contributed by atoms with Crippen LogP contribution in [0.25, 0.3) is 0 Å². The van der Waals surface area contributed by atoms with Crippen LogP contribution in [0.3, 0.4) is 0 Å². The molecule has 0 heterocycles. The van der Waals surface area contributed by atoms with Gasteiger partial charge in [0.05, 0.1) is 0 Å². The van der Waals surface area contributed by atoms with E-state index < -0.39 is 38.3 Å². The van der Waals surface area contributed by atoms with Gasteiger partial charge in [0.1, 0.15) is 33.8 Å². The number of urea groups is 3. The maximum Gasteiger partial charge on any atom is 0.318 e. The molecule has 0 saturated heterocycles. The Morgan fingerprint density at radius 3 is 1.05 bits per heavy atom. The van der Waals surface area contributed by atoms with Gasteiger partial charge in [-0.3, -0.25) is 0 Å². The molecule has 0 aliphatic carbocycles. The smallest absolute Gasteiger partial charge is 0.318 e. The van der Waals surface area contributed by atoms with Crippen LogP contribution in [-0.2, 0) is 9.59 Å². The molecule has 0 aromatic heterocycles. The monoisotopic (exact) mass is 330 g/mol. The number of hydrogen-bond donors (Lipinski definition) is 9. The Labute approximate surface area is 125 Å². The highest BCUT2D eigenvalue weighted by molar-refractivity contribution is 5.73. The predicted octanol–water partition coefficient (Wildman–Crippen LogP) is -4.56. The molecule has 0 spiro atoms. The van der Waals surface area contributed by atoms with Crippen LogP contribution in [0.15, 0.2) is 0 Å². The topological polar surface area (TPSA) is 260 Å². The first-order chi connectivity index (χ1) is 10.3. The van der Waals surface area contributed by atoms with E-state index in [2.05, 4.69) is 17.2 Å². The van der Waals surface area contributed by atoms with Crippen LogP contribution in [0.1, 0.15) is 0 Å². The van der Waals surface area contributed by atoms with Crippen molar-refractivity contribution in [2.75, 3.05) is 20.2 Å². The average molecular weight is 330 g/mol. The zero-order valence-electron chi connectivity index (χ0n) is 11.7. The fourth-order valence-corrected chi connectivity index (χ4v) is 0.284. The number of carbonyl (C=O) groups is 5. The molecule has 132 valence electrons. The first-order valence-corrected chi connectivity index (χ1v) is 4.82. The van der Waals surface area contributed by atoms with Gasteiger partial charge in [0, 0.05) is 0 Å². The number of amides is 6. The van der Waals surface area contributed by atoms with Gasteiger partial charge in [0.2, 0.25) is 0 Å². The summed E-state index contributed by atoms with van der Waals surface area (Å²) < 4.78 is 0. The summed E-state index contributed by atoms with van der Waals surface area (Å²) in [4.78, 5) is 44.7. The van der Waals surface area contributed by atoms with Gasteiger partial charge in [0.15, 0.2) is 0 Å². The fourth-order valence-electron chi connectivity index (χ4n) is 0.284. The molecule has 0 aliphatic rings. The normalized spacial score (nSPS) is 6.50. The molecule has 0 unspecified atom stereocenters. The maximum atomic E-state index is 10.1. The SMILES string of the molecule is C=O.C=O.NC(=O)NCO.NC(N)=O.O=C(NCO)NCO. The lowest BCUT2D eigenvalue weighted by Gasteiger charge is -1.98. The van der Waals surface area contributed by atoms with Crippen molar-refractivity contribution in [1.29, 1.82) is 0 Å².